The van der Waals surface area contributed by atoms with Crippen LogP contribution in [0.5, 0.6) is 0 Å². The summed E-state index contributed by atoms with van der Waals surface area (Å²) in [6, 6.07) is 6.00. The smallest absolute Gasteiger partial charge is 0.263 e. The first-order chi connectivity index (χ1) is 13.0. The van der Waals surface area contributed by atoms with Gasteiger partial charge in [-0.25, -0.2) is 4.98 Å². The molecule has 1 N–H and O–H groups in total. The number of aromatic nitrogens is 3. The third-order valence-corrected chi connectivity index (χ3v) is 5.29. The average Bonchev–Trinajstić information content (AvgIpc) is 3.06. The number of rotatable bonds is 3. The van der Waals surface area contributed by atoms with Gasteiger partial charge in [-0.05, 0) is 56.9 Å². The zero-order chi connectivity index (χ0) is 19.0. The zero-order valence-corrected chi connectivity index (χ0v) is 15.8. The lowest BCUT2D eigenvalue weighted by Crippen LogP contribution is -2.41. The molecule has 3 aromatic rings. The topological polar surface area (TPSA) is 84.2 Å². The number of nitrogens with zero attached hydrogens (tertiary/aromatic N) is 4. The molecule has 0 saturated carbocycles. The van der Waals surface area contributed by atoms with Gasteiger partial charge in [-0.3, -0.25) is 4.79 Å². The van der Waals surface area contributed by atoms with Crippen LogP contribution < -0.4 is 10.2 Å². The summed E-state index contributed by atoms with van der Waals surface area (Å²) in [5.74, 6) is 0.753. The van der Waals surface area contributed by atoms with E-state index in [-0.39, 0.29) is 11.8 Å². The molecule has 1 aliphatic rings. The Hall–Kier alpha value is -2.96. The monoisotopic (exact) mass is 365 g/mol. The number of carbonyl (C=O) groups is 1. The Balaban J connectivity index is 1.53. The largest absolute Gasteiger partial charge is 0.355 e. The summed E-state index contributed by atoms with van der Waals surface area (Å²) in [5, 5.41) is 7.89. The number of aryl methyl sites for hydroxylation is 3. The van der Waals surface area contributed by atoms with Crippen molar-refractivity contribution in [2.45, 2.75) is 33.6 Å². The molecule has 7 nitrogen and oxygen atoms in total. The number of hydrogen-bond donors (Lipinski definition) is 1. The van der Waals surface area contributed by atoms with Crippen molar-refractivity contribution in [2.75, 3.05) is 23.3 Å². The van der Waals surface area contributed by atoms with Crippen LogP contribution in [0, 0.1) is 26.7 Å². The van der Waals surface area contributed by atoms with Crippen molar-refractivity contribution >= 4 is 28.5 Å². The third-order valence-electron chi connectivity index (χ3n) is 5.29. The van der Waals surface area contributed by atoms with Crippen molar-refractivity contribution in [2.24, 2.45) is 5.92 Å². The van der Waals surface area contributed by atoms with Crippen LogP contribution >= 0.6 is 0 Å². The maximum Gasteiger partial charge on any atom is 0.263 e. The number of amides is 1. The van der Waals surface area contributed by atoms with Gasteiger partial charge in [0.15, 0.2) is 0 Å². The van der Waals surface area contributed by atoms with Crippen LogP contribution in [0.15, 0.2) is 29.0 Å². The summed E-state index contributed by atoms with van der Waals surface area (Å²) >= 11 is 0. The number of piperidine rings is 1. The van der Waals surface area contributed by atoms with E-state index in [0.29, 0.717) is 12.3 Å². The van der Waals surface area contributed by atoms with Gasteiger partial charge in [0.1, 0.15) is 17.5 Å². The molecule has 1 atom stereocenters. The van der Waals surface area contributed by atoms with Crippen LogP contribution in [0.3, 0.4) is 0 Å². The van der Waals surface area contributed by atoms with Crippen LogP contribution in [0.1, 0.15) is 29.7 Å². The van der Waals surface area contributed by atoms with Crippen molar-refractivity contribution in [3.63, 3.8) is 0 Å². The lowest BCUT2D eigenvalue weighted by Gasteiger charge is -2.33. The maximum absolute atomic E-state index is 12.8. The number of benzene rings is 1. The Labute approximate surface area is 157 Å². The zero-order valence-electron chi connectivity index (χ0n) is 15.8. The standard InChI is InChI=1S/C20H23N5O2/c1-12-6-7-16(9-13(12)2)23-19(26)15-5-4-8-25(10-15)18-17-14(3)24-27-20(17)22-11-21-18/h6-7,9,11,15H,4-5,8,10H2,1-3H3,(H,23,26)/t15-/m1/s1. The van der Waals surface area contributed by atoms with E-state index in [0.717, 1.165) is 42.0 Å². The summed E-state index contributed by atoms with van der Waals surface area (Å²) in [6.45, 7) is 7.47. The highest BCUT2D eigenvalue weighted by Crippen LogP contribution is 2.30. The molecule has 1 aliphatic heterocycles. The number of anilines is 2. The van der Waals surface area contributed by atoms with Gasteiger partial charge >= 0.3 is 0 Å². The molecule has 1 saturated heterocycles. The summed E-state index contributed by atoms with van der Waals surface area (Å²) in [4.78, 5) is 23.5. The molecule has 3 heterocycles. The van der Waals surface area contributed by atoms with Crippen molar-refractivity contribution in [3.05, 3.63) is 41.3 Å². The molecule has 0 aliphatic carbocycles. The number of hydrogen-bond acceptors (Lipinski definition) is 6. The highest BCUT2D eigenvalue weighted by molar-refractivity contribution is 5.94. The molecular weight excluding hydrogens is 342 g/mol. The van der Waals surface area contributed by atoms with Crippen molar-refractivity contribution in [1.82, 2.24) is 15.1 Å². The predicted octanol–water partition coefficient (Wildman–Crippen LogP) is 3.40. The molecule has 27 heavy (non-hydrogen) atoms. The van der Waals surface area contributed by atoms with Crippen molar-refractivity contribution in [1.29, 1.82) is 0 Å². The van der Waals surface area contributed by atoms with E-state index in [4.69, 9.17) is 4.52 Å². The van der Waals surface area contributed by atoms with Crippen LogP contribution in [0.4, 0.5) is 11.5 Å². The summed E-state index contributed by atoms with van der Waals surface area (Å²) in [5.41, 5.74) is 4.49. The highest BCUT2D eigenvalue weighted by atomic mass is 16.5. The summed E-state index contributed by atoms with van der Waals surface area (Å²) in [6.07, 6.45) is 3.28. The van der Waals surface area contributed by atoms with E-state index in [1.807, 2.05) is 25.1 Å². The first-order valence-electron chi connectivity index (χ1n) is 9.23. The van der Waals surface area contributed by atoms with Gasteiger partial charge in [0, 0.05) is 18.8 Å². The molecule has 1 amide bonds. The molecular formula is C20H23N5O2. The third kappa shape index (κ3) is 3.37. The van der Waals surface area contributed by atoms with E-state index in [1.54, 1.807) is 0 Å². The van der Waals surface area contributed by atoms with Gasteiger partial charge in [-0.2, -0.15) is 4.98 Å². The highest BCUT2D eigenvalue weighted by Gasteiger charge is 2.28. The number of nitrogens with one attached hydrogen (secondary N) is 1. The van der Waals surface area contributed by atoms with Gasteiger partial charge in [0.25, 0.3) is 5.71 Å². The lowest BCUT2D eigenvalue weighted by atomic mass is 9.96. The normalized spacial score (nSPS) is 17.3. The first-order valence-corrected chi connectivity index (χ1v) is 9.23. The van der Waals surface area contributed by atoms with Gasteiger partial charge in [-0.15, -0.1) is 0 Å². The summed E-state index contributed by atoms with van der Waals surface area (Å²) in [7, 11) is 0. The molecule has 140 valence electrons. The minimum atomic E-state index is -0.0921. The minimum absolute atomic E-state index is 0.0512. The van der Waals surface area contributed by atoms with Crippen LogP contribution in [-0.2, 0) is 4.79 Å². The molecule has 4 rings (SSSR count). The fraction of sp³-hybridized carbons (Fsp3) is 0.400. The Morgan fingerprint density at radius 3 is 2.89 bits per heavy atom. The molecule has 1 aromatic carbocycles. The second-order valence-electron chi connectivity index (χ2n) is 7.22. The van der Waals surface area contributed by atoms with E-state index >= 15 is 0 Å². The maximum atomic E-state index is 12.8. The van der Waals surface area contributed by atoms with E-state index in [1.165, 1.54) is 17.5 Å². The second-order valence-corrected chi connectivity index (χ2v) is 7.22. The molecule has 0 unspecified atom stereocenters. The second kappa shape index (κ2) is 6.98. The Bertz CT molecular complexity index is 997. The SMILES string of the molecule is Cc1ccc(NC(=O)[C@@H]2CCCN(c3ncnc4onc(C)c34)C2)cc1C. The number of fused-ring (bicyclic) bond motifs is 1. The molecule has 0 spiro atoms. The van der Waals surface area contributed by atoms with Crippen LogP contribution in [-0.4, -0.2) is 34.1 Å². The van der Waals surface area contributed by atoms with E-state index < -0.39 is 0 Å². The average molecular weight is 365 g/mol. The first kappa shape index (κ1) is 17.5. The van der Waals surface area contributed by atoms with Gasteiger partial charge in [0.2, 0.25) is 5.91 Å². The van der Waals surface area contributed by atoms with Gasteiger partial charge in [0.05, 0.1) is 11.6 Å². The van der Waals surface area contributed by atoms with Crippen LogP contribution in [0.2, 0.25) is 0 Å². The minimum Gasteiger partial charge on any atom is -0.355 e. The van der Waals surface area contributed by atoms with Gasteiger partial charge in [-0.1, -0.05) is 11.2 Å². The molecule has 7 heteroatoms. The molecule has 1 fully saturated rings. The quantitative estimate of drug-likeness (QED) is 0.766. The Kier molecular flexibility index (Phi) is 4.51. The Morgan fingerprint density at radius 1 is 1.22 bits per heavy atom. The van der Waals surface area contributed by atoms with Crippen molar-refractivity contribution in [3.8, 4) is 0 Å². The van der Waals surface area contributed by atoms with E-state index in [9.17, 15) is 4.79 Å². The fourth-order valence-corrected chi connectivity index (χ4v) is 3.59. The fourth-order valence-electron chi connectivity index (χ4n) is 3.59. The van der Waals surface area contributed by atoms with Crippen LogP contribution in [0.25, 0.3) is 11.1 Å². The summed E-state index contributed by atoms with van der Waals surface area (Å²) < 4.78 is 5.25. The molecule has 2 aromatic heterocycles. The predicted molar refractivity (Wildman–Crippen MR) is 104 cm³/mol. The lowest BCUT2D eigenvalue weighted by molar-refractivity contribution is -0.120. The van der Waals surface area contributed by atoms with Crippen molar-refractivity contribution < 1.29 is 9.32 Å². The molecule has 0 radical (unpaired) electrons. The van der Waals surface area contributed by atoms with Gasteiger partial charge < -0.3 is 14.7 Å². The van der Waals surface area contributed by atoms with E-state index in [2.05, 4.69) is 39.2 Å². The number of carbonyl (C=O) groups excluding carboxylic acids is 1. The Morgan fingerprint density at radius 2 is 2.07 bits per heavy atom. The molecule has 0 bridgehead atoms.